The molecule has 0 bridgehead atoms. The Bertz CT molecular complexity index is 715. The van der Waals surface area contributed by atoms with E-state index in [4.69, 9.17) is 4.98 Å². The van der Waals surface area contributed by atoms with E-state index in [1.807, 2.05) is 12.4 Å². The van der Waals surface area contributed by atoms with Crippen molar-refractivity contribution in [3.8, 4) is 0 Å². The lowest BCUT2D eigenvalue weighted by Gasteiger charge is -2.56. The molecule has 2 aliphatic heterocycles. The van der Waals surface area contributed by atoms with Crippen molar-refractivity contribution in [3.63, 3.8) is 0 Å². The molecule has 2 fully saturated rings. The number of hydrogen-bond acceptors (Lipinski definition) is 3. The van der Waals surface area contributed by atoms with Crippen LogP contribution in [0.5, 0.6) is 0 Å². The van der Waals surface area contributed by atoms with Crippen LogP contribution in [0.2, 0.25) is 0 Å². The van der Waals surface area contributed by atoms with Crippen LogP contribution in [0.1, 0.15) is 25.0 Å². The third-order valence-electron chi connectivity index (χ3n) is 5.26. The van der Waals surface area contributed by atoms with Gasteiger partial charge in [0.2, 0.25) is 0 Å². The third kappa shape index (κ3) is 1.37. The van der Waals surface area contributed by atoms with Crippen LogP contribution in [0.15, 0.2) is 23.3 Å². The average molecular weight is 266 g/mol. The summed E-state index contributed by atoms with van der Waals surface area (Å²) in [5.74, 6) is 0. The maximum atomic E-state index is 4.71. The zero-order chi connectivity index (χ0) is 13.2. The van der Waals surface area contributed by atoms with Crippen molar-refractivity contribution >= 4 is 22.9 Å². The number of fused-ring (bicyclic) bond motifs is 3. The molecule has 2 aromatic rings. The molecule has 3 aliphatic rings. The minimum absolute atomic E-state index is 0.668. The van der Waals surface area contributed by atoms with Crippen molar-refractivity contribution in [1.82, 2.24) is 9.55 Å². The van der Waals surface area contributed by atoms with E-state index in [2.05, 4.69) is 26.6 Å². The monoisotopic (exact) mass is 266 g/mol. The van der Waals surface area contributed by atoms with E-state index < -0.39 is 0 Å². The first-order valence-corrected chi connectivity index (χ1v) is 7.57. The molecule has 0 atom stereocenters. The summed E-state index contributed by atoms with van der Waals surface area (Å²) in [6.07, 6.45) is 8.30. The summed E-state index contributed by atoms with van der Waals surface area (Å²) < 4.78 is 2.27. The molecule has 0 unspecified atom stereocenters. The van der Waals surface area contributed by atoms with E-state index >= 15 is 0 Å². The first kappa shape index (κ1) is 10.9. The third-order valence-corrected chi connectivity index (χ3v) is 5.26. The quantitative estimate of drug-likeness (QED) is 0.794. The Morgan fingerprint density at radius 1 is 1.15 bits per heavy atom. The second kappa shape index (κ2) is 3.62. The molecule has 2 aromatic heterocycles. The van der Waals surface area contributed by atoms with Crippen molar-refractivity contribution < 1.29 is 0 Å². The van der Waals surface area contributed by atoms with E-state index in [0.717, 1.165) is 18.7 Å². The summed E-state index contributed by atoms with van der Waals surface area (Å²) in [4.78, 5) is 11.5. The molecular weight excluding hydrogens is 248 g/mol. The van der Waals surface area contributed by atoms with Gasteiger partial charge in [-0.2, -0.15) is 0 Å². The van der Waals surface area contributed by atoms with Gasteiger partial charge in [-0.15, -0.1) is 0 Å². The molecule has 0 N–H and O–H groups in total. The number of rotatable bonds is 1. The molecule has 5 rings (SSSR count). The molecule has 0 aromatic carbocycles. The van der Waals surface area contributed by atoms with Gasteiger partial charge in [0.05, 0.1) is 24.1 Å². The van der Waals surface area contributed by atoms with Gasteiger partial charge in [0.25, 0.3) is 0 Å². The summed E-state index contributed by atoms with van der Waals surface area (Å²) in [7, 11) is 0. The molecule has 1 saturated carbocycles. The van der Waals surface area contributed by atoms with Crippen LogP contribution < -0.4 is 4.90 Å². The van der Waals surface area contributed by atoms with E-state index in [-0.39, 0.29) is 0 Å². The highest BCUT2D eigenvalue weighted by Crippen LogP contribution is 2.49. The molecule has 0 radical (unpaired) electrons. The fourth-order valence-electron chi connectivity index (χ4n) is 3.92. The maximum Gasteiger partial charge on any atom is 0.140 e. The number of pyridine rings is 1. The Morgan fingerprint density at radius 2 is 2.05 bits per heavy atom. The lowest BCUT2D eigenvalue weighted by molar-refractivity contribution is 0.0904. The summed E-state index contributed by atoms with van der Waals surface area (Å²) in [5.41, 5.74) is 4.25. The smallest absolute Gasteiger partial charge is 0.140 e. The minimum atomic E-state index is 0.668. The van der Waals surface area contributed by atoms with E-state index in [0.29, 0.717) is 5.41 Å². The van der Waals surface area contributed by atoms with Crippen molar-refractivity contribution in [2.45, 2.75) is 25.8 Å². The number of anilines is 1. The molecule has 1 aliphatic carbocycles. The molecule has 20 heavy (non-hydrogen) atoms. The summed E-state index contributed by atoms with van der Waals surface area (Å²) in [6, 6.07) is 4.51. The Kier molecular flexibility index (Phi) is 1.97. The Balaban J connectivity index is 1.51. The van der Waals surface area contributed by atoms with Gasteiger partial charge in [0.1, 0.15) is 5.65 Å². The van der Waals surface area contributed by atoms with Crippen molar-refractivity contribution in [2.75, 3.05) is 24.5 Å². The normalized spacial score (nSPS) is 22.7. The highest BCUT2D eigenvalue weighted by Gasteiger charge is 2.47. The highest BCUT2D eigenvalue weighted by molar-refractivity contribution is 5.90. The van der Waals surface area contributed by atoms with E-state index in [1.54, 1.807) is 0 Å². The van der Waals surface area contributed by atoms with Crippen molar-refractivity contribution in [3.05, 3.63) is 24.0 Å². The van der Waals surface area contributed by atoms with Crippen molar-refractivity contribution in [1.29, 1.82) is 0 Å². The molecule has 0 amide bonds. The van der Waals surface area contributed by atoms with Gasteiger partial charge in [-0.1, -0.05) is 6.42 Å². The van der Waals surface area contributed by atoms with Crippen LogP contribution >= 0.6 is 0 Å². The van der Waals surface area contributed by atoms with Crippen LogP contribution in [0.25, 0.3) is 11.0 Å². The highest BCUT2D eigenvalue weighted by atomic mass is 15.2. The SMILES string of the molecule is C1=NCCn2c1cc1cc(N3CC4(CCC4)C3)cnc12. The van der Waals surface area contributed by atoms with Gasteiger partial charge in [0, 0.05) is 36.7 Å². The Morgan fingerprint density at radius 3 is 2.85 bits per heavy atom. The van der Waals surface area contributed by atoms with Crippen LogP contribution in [0.3, 0.4) is 0 Å². The Labute approximate surface area is 118 Å². The summed E-state index contributed by atoms with van der Waals surface area (Å²) in [5, 5.41) is 1.25. The van der Waals surface area contributed by atoms with Gasteiger partial charge in [-0.05, 0) is 25.0 Å². The van der Waals surface area contributed by atoms with Crippen LogP contribution in [0.4, 0.5) is 5.69 Å². The standard InChI is InChI=1S/C16H18N4/c1-2-16(3-1)10-19(11-16)13-6-12-7-14-8-17-4-5-20(14)15(12)18-9-13/h6-9H,1-5,10-11H2. The van der Waals surface area contributed by atoms with Crippen LogP contribution in [-0.4, -0.2) is 35.4 Å². The topological polar surface area (TPSA) is 33.4 Å². The van der Waals surface area contributed by atoms with Gasteiger partial charge in [-0.25, -0.2) is 4.98 Å². The largest absolute Gasteiger partial charge is 0.369 e. The molecule has 4 heterocycles. The van der Waals surface area contributed by atoms with Gasteiger partial charge < -0.3 is 9.47 Å². The first-order chi connectivity index (χ1) is 9.83. The van der Waals surface area contributed by atoms with E-state index in [1.165, 1.54) is 49.1 Å². The predicted molar refractivity (Wildman–Crippen MR) is 80.7 cm³/mol. The molecule has 4 nitrogen and oxygen atoms in total. The van der Waals surface area contributed by atoms with Crippen molar-refractivity contribution in [2.24, 2.45) is 10.4 Å². The van der Waals surface area contributed by atoms with Gasteiger partial charge >= 0.3 is 0 Å². The number of aromatic nitrogens is 2. The minimum Gasteiger partial charge on any atom is -0.369 e. The number of aliphatic imine (C=N–C) groups is 1. The summed E-state index contributed by atoms with van der Waals surface area (Å²) >= 11 is 0. The second-order valence-corrected chi connectivity index (χ2v) is 6.57. The number of nitrogens with zero attached hydrogens (tertiary/aromatic N) is 4. The average Bonchev–Trinajstić information content (AvgIpc) is 2.73. The van der Waals surface area contributed by atoms with E-state index in [9.17, 15) is 0 Å². The first-order valence-electron chi connectivity index (χ1n) is 7.57. The molecular formula is C16H18N4. The van der Waals surface area contributed by atoms with Gasteiger partial charge in [0.15, 0.2) is 0 Å². The van der Waals surface area contributed by atoms with Crippen LogP contribution in [-0.2, 0) is 6.54 Å². The zero-order valence-electron chi connectivity index (χ0n) is 11.5. The fourth-order valence-corrected chi connectivity index (χ4v) is 3.92. The lowest BCUT2D eigenvalue weighted by Crippen LogP contribution is -2.59. The molecule has 102 valence electrons. The van der Waals surface area contributed by atoms with Gasteiger partial charge in [-0.3, -0.25) is 4.99 Å². The molecule has 4 heteroatoms. The predicted octanol–water partition coefficient (Wildman–Crippen LogP) is 2.46. The second-order valence-electron chi connectivity index (χ2n) is 6.57. The Hall–Kier alpha value is -1.84. The maximum absolute atomic E-state index is 4.71. The molecule has 1 saturated heterocycles. The lowest BCUT2D eigenvalue weighted by atomic mass is 9.63. The number of hydrogen-bond donors (Lipinski definition) is 0. The van der Waals surface area contributed by atoms with Crippen LogP contribution in [0, 0.1) is 5.41 Å². The zero-order valence-corrected chi connectivity index (χ0v) is 11.5. The summed E-state index contributed by atoms with van der Waals surface area (Å²) in [6.45, 7) is 4.29. The molecule has 1 spiro atoms. The fraction of sp³-hybridized carbons (Fsp3) is 0.500.